The Morgan fingerprint density at radius 3 is 2.06 bits per heavy atom. The van der Waals surface area contributed by atoms with E-state index in [0.717, 1.165) is 12.8 Å². The summed E-state index contributed by atoms with van der Waals surface area (Å²) in [6, 6.07) is 46.3. The highest BCUT2D eigenvalue weighted by atomic mass is 15.1. The summed E-state index contributed by atoms with van der Waals surface area (Å²) in [5.41, 5.74) is 11.8. The molecule has 0 fully saturated rings. The van der Waals surface area contributed by atoms with E-state index < -0.39 is 0 Å². The lowest BCUT2D eigenvalue weighted by molar-refractivity contribution is 0.613. The fourth-order valence-corrected chi connectivity index (χ4v) is 5.75. The van der Waals surface area contributed by atoms with Crippen molar-refractivity contribution < 1.29 is 0 Å². The van der Waals surface area contributed by atoms with E-state index in [2.05, 4.69) is 139 Å². The Morgan fingerprint density at radius 1 is 0.611 bits per heavy atom. The lowest BCUT2D eigenvalue weighted by Crippen LogP contribution is -2.14. The number of hydrogen-bond acceptors (Lipinski definition) is 1. The second-order valence-corrected chi connectivity index (χ2v) is 9.63. The Morgan fingerprint density at radius 2 is 1.25 bits per heavy atom. The van der Waals surface area contributed by atoms with Gasteiger partial charge in [0, 0.05) is 11.4 Å². The topological polar surface area (TPSA) is 3.24 Å². The van der Waals surface area contributed by atoms with Crippen LogP contribution in [0.5, 0.6) is 0 Å². The predicted octanol–water partition coefficient (Wildman–Crippen LogP) is 9.93. The molecule has 0 aliphatic heterocycles. The Hall–Kier alpha value is -4.10. The number of nitrogens with zero attached hydrogens (tertiary/aromatic N) is 1. The van der Waals surface area contributed by atoms with Gasteiger partial charge in [-0.1, -0.05) is 104 Å². The summed E-state index contributed by atoms with van der Waals surface area (Å²) in [5.74, 6) is 0.507. The molecule has 0 amide bonds. The first-order chi connectivity index (χ1) is 17.8. The number of hydrogen-bond donors (Lipinski definition) is 0. The average molecular weight is 466 g/mol. The molecule has 36 heavy (non-hydrogen) atoms. The van der Waals surface area contributed by atoms with E-state index in [9.17, 15) is 0 Å². The zero-order valence-electron chi connectivity index (χ0n) is 20.8. The van der Waals surface area contributed by atoms with Gasteiger partial charge in [-0.3, -0.25) is 0 Å². The van der Waals surface area contributed by atoms with E-state index in [1.807, 2.05) is 0 Å². The first-order valence-electron chi connectivity index (χ1n) is 13.1. The molecule has 0 saturated heterocycles. The van der Waals surface area contributed by atoms with Crippen LogP contribution in [0.15, 0.2) is 127 Å². The molecule has 6 rings (SSSR count). The summed E-state index contributed by atoms with van der Waals surface area (Å²) < 4.78 is 0. The maximum Gasteiger partial charge on any atom is 0.0502 e. The first kappa shape index (κ1) is 22.4. The van der Waals surface area contributed by atoms with Gasteiger partial charge < -0.3 is 4.90 Å². The van der Waals surface area contributed by atoms with E-state index in [1.54, 1.807) is 0 Å². The van der Waals surface area contributed by atoms with Crippen molar-refractivity contribution in [3.63, 3.8) is 0 Å². The van der Waals surface area contributed by atoms with Crippen molar-refractivity contribution >= 4 is 17.1 Å². The standard InChI is InChI=1S/C35H31N/c1-2-26-23-24-28-15-9-10-20-32(28)33-21-12-22-34(35(26)33)36(30-17-7-4-8-18-30)31-19-11-16-29(25-31)27-13-5-3-6-14-27/h3-22,25-26H,2,23-24H2,1H3. The quantitative estimate of drug-likeness (QED) is 0.250. The summed E-state index contributed by atoms with van der Waals surface area (Å²) in [6.07, 6.45) is 3.42. The maximum atomic E-state index is 2.46. The SMILES string of the molecule is CCC1CCc2ccccc2-c2cccc(N(c3ccccc3)c3cccc(-c4ccccc4)c3)c21. The minimum absolute atomic E-state index is 0.507. The van der Waals surface area contributed by atoms with Crippen LogP contribution in [0.25, 0.3) is 22.3 Å². The highest BCUT2D eigenvalue weighted by Gasteiger charge is 2.27. The Kier molecular flexibility index (Phi) is 6.13. The molecule has 1 nitrogen and oxygen atoms in total. The van der Waals surface area contributed by atoms with Crippen LogP contribution in [0.4, 0.5) is 17.1 Å². The molecule has 0 N–H and O–H groups in total. The Bertz CT molecular complexity index is 1470. The third-order valence-electron chi connectivity index (χ3n) is 7.52. The Balaban J connectivity index is 1.59. The molecule has 0 heterocycles. The molecule has 1 unspecified atom stereocenters. The molecule has 1 heteroatoms. The minimum atomic E-state index is 0.507. The number of aryl methyl sites for hydroxylation is 1. The van der Waals surface area contributed by atoms with Crippen molar-refractivity contribution in [3.05, 3.63) is 139 Å². The third kappa shape index (κ3) is 4.12. The zero-order chi connectivity index (χ0) is 24.3. The van der Waals surface area contributed by atoms with Crippen LogP contribution >= 0.6 is 0 Å². The second kappa shape index (κ2) is 9.87. The van der Waals surface area contributed by atoms with E-state index in [4.69, 9.17) is 0 Å². The van der Waals surface area contributed by atoms with Gasteiger partial charge in [0.25, 0.3) is 0 Å². The van der Waals surface area contributed by atoms with Gasteiger partial charge in [-0.15, -0.1) is 0 Å². The van der Waals surface area contributed by atoms with Crippen molar-refractivity contribution in [1.82, 2.24) is 0 Å². The van der Waals surface area contributed by atoms with Crippen LogP contribution in [-0.2, 0) is 6.42 Å². The predicted molar refractivity (Wildman–Crippen MR) is 153 cm³/mol. The normalized spacial score (nSPS) is 14.4. The fourth-order valence-electron chi connectivity index (χ4n) is 5.75. The number of benzene rings is 5. The molecule has 5 aromatic carbocycles. The largest absolute Gasteiger partial charge is 0.310 e. The molecule has 0 spiro atoms. The van der Waals surface area contributed by atoms with Crippen LogP contribution in [-0.4, -0.2) is 0 Å². The van der Waals surface area contributed by atoms with Gasteiger partial charge in [0.1, 0.15) is 0 Å². The molecule has 176 valence electrons. The number of para-hydroxylation sites is 1. The van der Waals surface area contributed by atoms with Gasteiger partial charge in [-0.25, -0.2) is 0 Å². The number of rotatable bonds is 5. The van der Waals surface area contributed by atoms with Crippen molar-refractivity contribution in [3.8, 4) is 22.3 Å². The number of fused-ring (bicyclic) bond motifs is 3. The minimum Gasteiger partial charge on any atom is -0.310 e. The van der Waals surface area contributed by atoms with Crippen molar-refractivity contribution in [1.29, 1.82) is 0 Å². The second-order valence-electron chi connectivity index (χ2n) is 9.63. The lowest BCUT2D eigenvalue weighted by Gasteiger charge is -2.31. The summed E-state index contributed by atoms with van der Waals surface area (Å²) in [5, 5.41) is 0. The van der Waals surface area contributed by atoms with Crippen LogP contribution in [0.2, 0.25) is 0 Å². The van der Waals surface area contributed by atoms with E-state index in [-0.39, 0.29) is 0 Å². The molecule has 1 aliphatic rings. The third-order valence-corrected chi connectivity index (χ3v) is 7.52. The molecule has 0 bridgehead atoms. The van der Waals surface area contributed by atoms with Crippen LogP contribution in [0, 0.1) is 0 Å². The van der Waals surface area contributed by atoms with Gasteiger partial charge in [0.2, 0.25) is 0 Å². The molecule has 1 atom stereocenters. The molecular formula is C35H31N. The van der Waals surface area contributed by atoms with E-state index in [1.165, 1.54) is 56.9 Å². The maximum absolute atomic E-state index is 2.46. The monoisotopic (exact) mass is 465 g/mol. The van der Waals surface area contributed by atoms with Crippen LogP contribution in [0.1, 0.15) is 36.8 Å². The van der Waals surface area contributed by atoms with E-state index in [0.29, 0.717) is 5.92 Å². The zero-order valence-corrected chi connectivity index (χ0v) is 20.8. The van der Waals surface area contributed by atoms with Crippen LogP contribution in [0.3, 0.4) is 0 Å². The van der Waals surface area contributed by atoms with E-state index >= 15 is 0 Å². The summed E-state index contributed by atoms with van der Waals surface area (Å²) in [4.78, 5) is 2.46. The summed E-state index contributed by atoms with van der Waals surface area (Å²) >= 11 is 0. The smallest absolute Gasteiger partial charge is 0.0502 e. The molecule has 0 aromatic heterocycles. The lowest BCUT2D eigenvalue weighted by atomic mass is 9.87. The van der Waals surface area contributed by atoms with Gasteiger partial charge in [0.05, 0.1) is 5.69 Å². The molecular weight excluding hydrogens is 434 g/mol. The van der Waals surface area contributed by atoms with Gasteiger partial charge in [0.15, 0.2) is 0 Å². The first-order valence-corrected chi connectivity index (χ1v) is 13.1. The van der Waals surface area contributed by atoms with Gasteiger partial charge in [-0.2, -0.15) is 0 Å². The highest BCUT2D eigenvalue weighted by Crippen LogP contribution is 2.48. The van der Waals surface area contributed by atoms with Crippen molar-refractivity contribution in [2.45, 2.75) is 32.1 Å². The fraction of sp³-hybridized carbons (Fsp3) is 0.143. The highest BCUT2D eigenvalue weighted by molar-refractivity contribution is 5.86. The molecule has 5 aromatic rings. The Labute approximate surface area is 214 Å². The molecule has 0 saturated carbocycles. The molecule has 0 radical (unpaired) electrons. The average Bonchev–Trinajstić information content (AvgIpc) is 3.12. The summed E-state index contributed by atoms with van der Waals surface area (Å²) in [6.45, 7) is 2.34. The van der Waals surface area contributed by atoms with Gasteiger partial charge >= 0.3 is 0 Å². The van der Waals surface area contributed by atoms with Crippen LogP contribution < -0.4 is 4.90 Å². The van der Waals surface area contributed by atoms with Gasteiger partial charge in [-0.05, 0) is 88.9 Å². The van der Waals surface area contributed by atoms with Crippen molar-refractivity contribution in [2.75, 3.05) is 4.90 Å². The molecule has 1 aliphatic carbocycles. The van der Waals surface area contributed by atoms with Crippen molar-refractivity contribution in [2.24, 2.45) is 0 Å². The number of anilines is 3. The summed E-state index contributed by atoms with van der Waals surface area (Å²) in [7, 11) is 0.